The van der Waals surface area contributed by atoms with Crippen molar-refractivity contribution in [3.05, 3.63) is 16.1 Å². The molecule has 3 nitrogen and oxygen atoms in total. The molecule has 4 heteroatoms. The zero-order chi connectivity index (χ0) is 10.1. The lowest BCUT2D eigenvalue weighted by Gasteiger charge is -2.04. The lowest BCUT2D eigenvalue weighted by atomic mass is 10.1. The maximum Gasteiger partial charge on any atom is 0.0972 e. The summed E-state index contributed by atoms with van der Waals surface area (Å²) < 4.78 is 0. The van der Waals surface area contributed by atoms with E-state index in [2.05, 4.69) is 16.0 Å². The summed E-state index contributed by atoms with van der Waals surface area (Å²) >= 11 is 1.85. The van der Waals surface area contributed by atoms with Gasteiger partial charge in [0.1, 0.15) is 0 Å². The van der Waals surface area contributed by atoms with Gasteiger partial charge in [0, 0.05) is 30.3 Å². The zero-order valence-electron chi connectivity index (χ0n) is 8.83. The van der Waals surface area contributed by atoms with Crippen LogP contribution in [0.1, 0.15) is 35.4 Å². The number of hydrogen-bond donors (Lipinski definition) is 2. The fraction of sp³-hybridized carbons (Fsp3) is 0.727. The van der Waals surface area contributed by atoms with E-state index in [-0.39, 0.29) is 0 Å². The molecule has 1 aromatic heterocycles. The lowest BCUT2D eigenvalue weighted by Crippen LogP contribution is -2.09. The van der Waals surface area contributed by atoms with Crippen LogP contribution in [0.4, 0.5) is 0 Å². The molecule has 0 spiro atoms. The van der Waals surface area contributed by atoms with Crippen LogP contribution < -0.4 is 10.6 Å². The smallest absolute Gasteiger partial charge is 0.0972 e. The third-order valence-corrected chi connectivity index (χ3v) is 4.45. The van der Waals surface area contributed by atoms with Gasteiger partial charge in [-0.15, -0.1) is 11.3 Å². The van der Waals surface area contributed by atoms with Crippen molar-refractivity contribution in [1.29, 1.82) is 0 Å². The van der Waals surface area contributed by atoms with Crippen LogP contribution in [-0.2, 0) is 0 Å². The first-order chi connectivity index (χ1) is 7.43. The Labute approximate surface area is 94.3 Å². The molecule has 0 aliphatic carbocycles. The second kappa shape index (κ2) is 4.20. The minimum Gasteiger partial charge on any atom is -0.316 e. The van der Waals surface area contributed by atoms with Gasteiger partial charge in [-0.05, 0) is 25.9 Å². The summed E-state index contributed by atoms with van der Waals surface area (Å²) in [5.74, 6) is 1.35. The Hall–Kier alpha value is -0.450. The maximum absolute atomic E-state index is 4.81. The minimum atomic E-state index is 0.671. The van der Waals surface area contributed by atoms with Crippen LogP contribution in [0, 0.1) is 0 Å². The molecule has 2 aliphatic rings. The molecule has 0 radical (unpaired) electrons. The Balaban J connectivity index is 1.74. The van der Waals surface area contributed by atoms with Gasteiger partial charge in [-0.2, -0.15) is 0 Å². The molecule has 2 fully saturated rings. The van der Waals surface area contributed by atoms with E-state index in [0.717, 1.165) is 26.2 Å². The zero-order valence-corrected chi connectivity index (χ0v) is 9.65. The summed E-state index contributed by atoms with van der Waals surface area (Å²) in [5.41, 5.74) is 1.33. The molecule has 2 atom stereocenters. The van der Waals surface area contributed by atoms with E-state index in [1.54, 1.807) is 0 Å². The van der Waals surface area contributed by atoms with E-state index < -0.39 is 0 Å². The van der Waals surface area contributed by atoms with E-state index in [4.69, 9.17) is 4.98 Å². The fourth-order valence-corrected chi connectivity index (χ4v) is 3.49. The largest absolute Gasteiger partial charge is 0.316 e. The molecule has 2 N–H and O–H groups in total. The molecule has 3 rings (SSSR count). The van der Waals surface area contributed by atoms with E-state index >= 15 is 0 Å². The molecule has 2 aliphatic heterocycles. The fourth-order valence-electron chi connectivity index (χ4n) is 2.45. The average Bonchev–Trinajstić information content (AvgIpc) is 3.02. The summed E-state index contributed by atoms with van der Waals surface area (Å²) in [6, 6.07) is 0. The third kappa shape index (κ3) is 1.94. The molecule has 0 amide bonds. The van der Waals surface area contributed by atoms with E-state index in [1.165, 1.54) is 23.5 Å². The first kappa shape index (κ1) is 9.75. The van der Waals surface area contributed by atoms with Gasteiger partial charge < -0.3 is 10.6 Å². The standard InChI is InChI=1S/C11H17N3S/c1-3-12-5-8(1)10-7-15-11(14-10)9-2-4-13-6-9/h7-9,12-13H,1-6H2. The second-order valence-electron chi connectivity index (χ2n) is 4.49. The Morgan fingerprint density at radius 1 is 1.13 bits per heavy atom. The summed E-state index contributed by atoms with van der Waals surface area (Å²) in [4.78, 5) is 4.81. The van der Waals surface area contributed by atoms with Gasteiger partial charge >= 0.3 is 0 Å². The molecule has 3 heterocycles. The van der Waals surface area contributed by atoms with Gasteiger partial charge in [0.15, 0.2) is 0 Å². The van der Waals surface area contributed by atoms with Crippen molar-refractivity contribution in [3.8, 4) is 0 Å². The van der Waals surface area contributed by atoms with Crippen molar-refractivity contribution in [3.63, 3.8) is 0 Å². The molecule has 2 saturated heterocycles. The third-order valence-electron chi connectivity index (χ3n) is 3.43. The normalized spacial score (nSPS) is 31.2. The predicted molar refractivity (Wildman–Crippen MR) is 62.6 cm³/mol. The van der Waals surface area contributed by atoms with Gasteiger partial charge in [-0.1, -0.05) is 0 Å². The maximum atomic E-state index is 4.81. The summed E-state index contributed by atoms with van der Waals surface area (Å²) in [6.45, 7) is 4.55. The van der Waals surface area contributed by atoms with Crippen LogP contribution >= 0.6 is 11.3 Å². The van der Waals surface area contributed by atoms with Crippen molar-refractivity contribution >= 4 is 11.3 Å². The highest BCUT2D eigenvalue weighted by atomic mass is 32.1. The van der Waals surface area contributed by atoms with Crippen molar-refractivity contribution in [2.24, 2.45) is 0 Å². The van der Waals surface area contributed by atoms with Crippen LogP contribution in [-0.4, -0.2) is 31.2 Å². The molecular formula is C11H17N3S. The molecular weight excluding hydrogens is 206 g/mol. The van der Waals surface area contributed by atoms with E-state index in [9.17, 15) is 0 Å². The Morgan fingerprint density at radius 3 is 2.53 bits per heavy atom. The van der Waals surface area contributed by atoms with Gasteiger partial charge in [-0.25, -0.2) is 4.98 Å². The van der Waals surface area contributed by atoms with Crippen LogP contribution in [0.3, 0.4) is 0 Å². The number of nitrogens with zero attached hydrogens (tertiary/aromatic N) is 1. The second-order valence-corrected chi connectivity index (χ2v) is 5.38. The summed E-state index contributed by atoms with van der Waals surface area (Å²) in [6.07, 6.45) is 2.52. The van der Waals surface area contributed by atoms with Crippen molar-refractivity contribution in [2.45, 2.75) is 24.7 Å². The minimum absolute atomic E-state index is 0.671. The predicted octanol–water partition coefficient (Wildman–Crippen LogP) is 1.30. The first-order valence-electron chi connectivity index (χ1n) is 5.80. The lowest BCUT2D eigenvalue weighted by molar-refractivity contribution is 0.711. The molecule has 82 valence electrons. The first-order valence-corrected chi connectivity index (χ1v) is 6.68. The highest BCUT2D eigenvalue weighted by Gasteiger charge is 2.23. The quantitative estimate of drug-likeness (QED) is 0.793. The Kier molecular flexibility index (Phi) is 2.73. The van der Waals surface area contributed by atoms with Gasteiger partial charge in [0.25, 0.3) is 0 Å². The molecule has 0 aromatic carbocycles. The van der Waals surface area contributed by atoms with Gasteiger partial charge in [0.2, 0.25) is 0 Å². The van der Waals surface area contributed by atoms with Crippen LogP contribution in [0.2, 0.25) is 0 Å². The Bertz CT molecular complexity index is 294. The van der Waals surface area contributed by atoms with Gasteiger partial charge in [-0.3, -0.25) is 0 Å². The SMILES string of the molecule is c1sc(C2CCNC2)nc1C1CCNC1. The number of hydrogen-bond acceptors (Lipinski definition) is 4. The van der Waals surface area contributed by atoms with E-state index in [1.807, 2.05) is 11.3 Å². The molecule has 2 unspecified atom stereocenters. The van der Waals surface area contributed by atoms with Crippen molar-refractivity contribution in [2.75, 3.05) is 26.2 Å². The summed E-state index contributed by atoms with van der Waals surface area (Å²) in [5, 5.41) is 10.4. The van der Waals surface area contributed by atoms with E-state index in [0.29, 0.717) is 11.8 Å². The Morgan fingerprint density at radius 2 is 1.87 bits per heavy atom. The topological polar surface area (TPSA) is 37.0 Å². The average molecular weight is 223 g/mol. The monoisotopic (exact) mass is 223 g/mol. The highest BCUT2D eigenvalue weighted by Crippen LogP contribution is 2.29. The number of rotatable bonds is 2. The van der Waals surface area contributed by atoms with Crippen LogP contribution in [0.5, 0.6) is 0 Å². The van der Waals surface area contributed by atoms with Crippen molar-refractivity contribution in [1.82, 2.24) is 15.6 Å². The number of thiazole rings is 1. The highest BCUT2D eigenvalue weighted by molar-refractivity contribution is 7.09. The number of aromatic nitrogens is 1. The molecule has 15 heavy (non-hydrogen) atoms. The molecule has 1 aromatic rings. The molecule has 0 bridgehead atoms. The summed E-state index contributed by atoms with van der Waals surface area (Å²) in [7, 11) is 0. The van der Waals surface area contributed by atoms with Crippen molar-refractivity contribution < 1.29 is 0 Å². The van der Waals surface area contributed by atoms with Gasteiger partial charge in [0.05, 0.1) is 10.7 Å². The van der Waals surface area contributed by atoms with Crippen LogP contribution in [0.25, 0.3) is 0 Å². The number of nitrogens with one attached hydrogen (secondary N) is 2. The molecule has 0 saturated carbocycles. The van der Waals surface area contributed by atoms with Crippen LogP contribution in [0.15, 0.2) is 5.38 Å².